The summed E-state index contributed by atoms with van der Waals surface area (Å²) in [4.78, 5) is 3.76. The molecule has 0 aromatic carbocycles. The number of ether oxygens (including phenoxy) is 2. The molecule has 1 aromatic heterocycles. The minimum absolute atomic E-state index is 0.310. The number of methoxy groups -OCH3 is 1. The number of nitrogens with zero attached hydrogens (tertiary/aromatic N) is 1. The van der Waals surface area contributed by atoms with E-state index in [1.807, 2.05) is 0 Å². The molecule has 5 heteroatoms. The van der Waals surface area contributed by atoms with E-state index in [0.29, 0.717) is 26.4 Å². The van der Waals surface area contributed by atoms with Gasteiger partial charge in [0.25, 0.3) is 0 Å². The third-order valence-corrected chi connectivity index (χ3v) is 1.95. The van der Waals surface area contributed by atoms with Crippen molar-refractivity contribution in [2.75, 3.05) is 33.5 Å². The maximum Gasteiger partial charge on any atom is 0.141 e. The molecule has 0 aliphatic heterocycles. The largest absolute Gasteiger partial charge is 0.382 e. The lowest BCUT2D eigenvalue weighted by molar-refractivity contribution is 0.0719. The van der Waals surface area contributed by atoms with Crippen LogP contribution in [0.25, 0.3) is 0 Å². The Kier molecular flexibility index (Phi) is 6.64. The molecule has 0 bridgehead atoms. The van der Waals surface area contributed by atoms with Crippen LogP contribution in [-0.4, -0.2) is 38.5 Å². The van der Waals surface area contributed by atoms with Gasteiger partial charge < -0.3 is 14.8 Å². The van der Waals surface area contributed by atoms with Gasteiger partial charge in [-0.15, -0.1) is 0 Å². The second-order valence-corrected chi connectivity index (χ2v) is 3.29. The number of nitrogens with one attached hydrogen (secondary N) is 1. The molecule has 0 amide bonds. The van der Waals surface area contributed by atoms with Crippen molar-refractivity contribution in [1.82, 2.24) is 10.3 Å². The molecule has 1 aromatic rings. The molecule has 0 aliphatic carbocycles. The third-order valence-electron chi connectivity index (χ3n) is 1.95. The molecular weight excluding hydrogens is 211 g/mol. The summed E-state index contributed by atoms with van der Waals surface area (Å²) in [5, 5.41) is 3.13. The number of hydrogen-bond acceptors (Lipinski definition) is 4. The fraction of sp³-hybridized carbons (Fsp3) is 0.545. The molecule has 0 atom stereocenters. The quantitative estimate of drug-likeness (QED) is 0.673. The molecule has 1 rings (SSSR count). The van der Waals surface area contributed by atoms with Crippen molar-refractivity contribution in [2.24, 2.45) is 0 Å². The topological polar surface area (TPSA) is 43.4 Å². The average molecular weight is 228 g/mol. The van der Waals surface area contributed by atoms with E-state index in [4.69, 9.17) is 9.47 Å². The van der Waals surface area contributed by atoms with Crippen LogP contribution in [0.3, 0.4) is 0 Å². The Morgan fingerprint density at radius 3 is 2.94 bits per heavy atom. The minimum Gasteiger partial charge on any atom is -0.382 e. The minimum atomic E-state index is -0.310. The smallest absolute Gasteiger partial charge is 0.141 e. The normalized spacial score (nSPS) is 10.6. The Hall–Kier alpha value is -1.04. The van der Waals surface area contributed by atoms with Gasteiger partial charge in [-0.05, 0) is 11.6 Å². The third kappa shape index (κ3) is 5.75. The summed E-state index contributed by atoms with van der Waals surface area (Å²) in [6, 6.07) is 1.46. The van der Waals surface area contributed by atoms with Crippen molar-refractivity contribution in [2.45, 2.75) is 6.54 Å². The molecule has 0 saturated carbocycles. The summed E-state index contributed by atoms with van der Waals surface area (Å²) in [6.45, 7) is 3.14. The van der Waals surface area contributed by atoms with Gasteiger partial charge in [0.05, 0.1) is 26.0 Å². The standard InChI is InChI=1S/C11H17FN2O2/c1-15-4-5-16-3-2-13-7-10-6-11(12)9-14-8-10/h6,8-9,13H,2-5,7H2,1H3. The maximum atomic E-state index is 12.8. The van der Waals surface area contributed by atoms with Gasteiger partial charge >= 0.3 is 0 Å². The second-order valence-electron chi connectivity index (χ2n) is 3.29. The van der Waals surface area contributed by atoms with Crippen molar-refractivity contribution in [3.05, 3.63) is 29.8 Å². The van der Waals surface area contributed by atoms with Gasteiger partial charge in [-0.3, -0.25) is 4.98 Å². The highest BCUT2D eigenvalue weighted by atomic mass is 19.1. The zero-order valence-corrected chi connectivity index (χ0v) is 9.41. The fourth-order valence-electron chi connectivity index (χ4n) is 1.17. The lowest BCUT2D eigenvalue weighted by Gasteiger charge is -2.05. The van der Waals surface area contributed by atoms with Crippen LogP contribution >= 0.6 is 0 Å². The van der Waals surface area contributed by atoms with Gasteiger partial charge in [-0.2, -0.15) is 0 Å². The van der Waals surface area contributed by atoms with E-state index in [1.165, 1.54) is 12.3 Å². The SMILES string of the molecule is COCCOCCNCc1cncc(F)c1. The Morgan fingerprint density at radius 1 is 1.31 bits per heavy atom. The highest BCUT2D eigenvalue weighted by Crippen LogP contribution is 1.99. The number of pyridine rings is 1. The van der Waals surface area contributed by atoms with Crippen molar-refractivity contribution in [3.8, 4) is 0 Å². The van der Waals surface area contributed by atoms with Gasteiger partial charge in [-0.1, -0.05) is 0 Å². The molecular formula is C11H17FN2O2. The van der Waals surface area contributed by atoms with Crippen LogP contribution in [0.2, 0.25) is 0 Å². The van der Waals surface area contributed by atoms with Crippen LogP contribution < -0.4 is 5.32 Å². The van der Waals surface area contributed by atoms with Crippen LogP contribution in [0.5, 0.6) is 0 Å². The monoisotopic (exact) mass is 228 g/mol. The highest BCUT2D eigenvalue weighted by Gasteiger charge is 1.95. The Labute approximate surface area is 94.8 Å². The van der Waals surface area contributed by atoms with Crippen molar-refractivity contribution >= 4 is 0 Å². The average Bonchev–Trinajstić information content (AvgIpc) is 2.28. The Bertz CT molecular complexity index is 297. The van der Waals surface area contributed by atoms with E-state index < -0.39 is 0 Å². The predicted molar refractivity (Wildman–Crippen MR) is 58.6 cm³/mol. The van der Waals surface area contributed by atoms with Crippen LogP contribution in [0, 0.1) is 5.82 Å². The summed E-state index contributed by atoms with van der Waals surface area (Å²) >= 11 is 0. The zero-order valence-electron chi connectivity index (χ0n) is 9.41. The van der Waals surface area contributed by atoms with E-state index >= 15 is 0 Å². The summed E-state index contributed by atoms with van der Waals surface area (Å²) in [5.41, 5.74) is 0.830. The van der Waals surface area contributed by atoms with E-state index in [2.05, 4.69) is 10.3 Å². The van der Waals surface area contributed by atoms with Gasteiger partial charge in [-0.25, -0.2) is 4.39 Å². The molecule has 1 heterocycles. The summed E-state index contributed by atoms with van der Waals surface area (Å²) in [6.07, 6.45) is 2.83. The maximum absolute atomic E-state index is 12.8. The molecule has 0 radical (unpaired) electrons. The van der Waals surface area contributed by atoms with Crippen LogP contribution in [-0.2, 0) is 16.0 Å². The second kappa shape index (κ2) is 8.15. The first-order valence-corrected chi connectivity index (χ1v) is 5.20. The molecule has 0 aliphatic rings. The number of aromatic nitrogens is 1. The molecule has 0 fully saturated rings. The Morgan fingerprint density at radius 2 is 2.19 bits per heavy atom. The number of hydrogen-bond donors (Lipinski definition) is 1. The fourth-order valence-corrected chi connectivity index (χ4v) is 1.17. The number of rotatable bonds is 8. The summed E-state index contributed by atoms with van der Waals surface area (Å²) in [5.74, 6) is -0.310. The van der Waals surface area contributed by atoms with Crippen LogP contribution in [0.15, 0.2) is 18.5 Å². The predicted octanol–water partition coefficient (Wildman–Crippen LogP) is 0.973. The van der Waals surface area contributed by atoms with E-state index in [0.717, 1.165) is 12.1 Å². The Balaban J connectivity index is 2.03. The summed E-state index contributed by atoms with van der Waals surface area (Å²) < 4.78 is 22.8. The van der Waals surface area contributed by atoms with Crippen LogP contribution in [0.4, 0.5) is 4.39 Å². The summed E-state index contributed by atoms with van der Waals surface area (Å²) in [7, 11) is 1.64. The molecule has 90 valence electrons. The van der Waals surface area contributed by atoms with E-state index in [1.54, 1.807) is 13.3 Å². The van der Waals surface area contributed by atoms with Gasteiger partial charge in [0.15, 0.2) is 0 Å². The molecule has 0 unspecified atom stereocenters. The van der Waals surface area contributed by atoms with Gasteiger partial charge in [0.2, 0.25) is 0 Å². The molecule has 1 N–H and O–H groups in total. The van der Waals surface area contributed by atoms with Crippen molar-refractivity contribution in [1.29, 1.82) is 0 Å². The molecule has 0 spiro atoms. The van der Waals surface area contributed by atoms with Gasteiger partial charge in [0, 0.05) is 26.4 Å². The lowest BCUT2D eigenvalue weighted by Crippen LogP contribution is -2.20. The number of halogens is 1. The van der Waals surface area contributed by atoms with Crippen LogP contribution in [0.1, 0.15) is 5.56 Å². The van der Waals surface area contributed by atoms with E-state index in [9.17, 15) is 4.39 Å². The molecule has 16 heavy (non-hydrogen) atoms. The first-order valence-electron chi connectivity index (χ1n) is 5.20. The van der Waals surface area contributed by atoms with E-state index in [-0.39, 0.29) is 5.82 Å². The zero-order chi connectivity index (χ0) is 11.6. The van der Waals surface area contributed by atoms with Crippen molar-refractivity contribution in [3.63, 3.8) is 0 Å². The van der Waals surface area contributed by atoms with Crippen molar-refractivity contribution < 1.29 is 13.9 Å². The highest BCUT2D eigenvalue weighted by molar-refractivity contribution is 5.09. The lowest BCUT2D eigenvalue weighted by atomic mass is 10.3. The van der Waals surface area contributed by atoms with Gasteiger partial charge in [0.1, 0.15) is 5.82 Å². The molecule has 4 nitrogen and oxygen atoms in total. The first kappa shape index (κ1) is 13.0. The molecule has 0 saturated heterocycles. The first-order chi connectivity index (χ1) is 7.83.